The second-order valence-corrected chi connectivity index (χ2v) is 6.48. The number of nitrogens with one attached hydrogen (secondary N) is 1. The molecule has 0 saturated carbocycles. The summed E-state index contributed by atoms with van der Waals surface area (Å²) >= 11 is 0. The van der Waals surface area contributed by atoms with Crippen LogP contribution in [0.3, 0.4) is 0 Å². The van der Waals surface area contributed by atoms with Crippen molar-refractivity contribution in [1.82, 2.24) is 10.2 Å². The molecule has 3 nitrogen and oxygen atoms in total. The fraction of sp³-hybridized carbons (Fsp3) is 0.933. The smallest absolute Gasteiger partial charge is 0.228 e. The molecular formula is C15H30N2O. The Bertz CT molecular complexity index is 268. The van der Waals surface area contributed by atoms with Gasteiger partial charge in [0.1, 0.15) is 0 Å². The predicted octanol–water partition coefficient (Wildman–Crippen LogP) is 2.66. The molecule has 0 bridgehead atoms. The van der Waals surface area contributed by atoms with Crippen LogP contribution in [-0.2, 0) is 4.79 Å². The Hall–Kier alpha value is -0.570. The van der Waals surface area contributed by atoms with Gasteiger partial charge in [0.2, 0.25) is 5.91 Å². The molecule has 1 aliphatic rings. The van der Waals surface area contributed by atoms with E-state index in [1.54, 1.807) is 0 Å². The van der Waals surface area contributed by atoms with Crippen molar-refractivity contribution in [3.8, 4) is 0 Å². The zero-order valence-electron chi connectivity index (χ0n) is 12.8. The van der Waals surface area contributed by atoms with Crippen LogP contribution in [0.15, 0.2) is 0 Å². The van der Waals surface area contributed by atoms with E-state index in [9.17, 15) is 4.79 Å². The number of piperidine rings is 1. The molecule has 1 fully saturated rings. The summed E-state index contributed by atoms with van der Waals surface area (Å²) in [6.07, 6.45) is 3.30. The highest BCUT2D eigenvalue weighted by atomic mass is 16.2. The molecule has 0 radical (unpaired) electrons. The van der Waals surface area contributed by atoms with Crippen molar-refractivity contribution >= 4 is 5.91 Å². The summed E-state index contributed by atoms with van der Waals surface area (Å²) < 4.78 is 0. The summed E-state index contributed by atoms with van der Waals surface area (Å²) in [5.74, 6) is 0.990. The van der Waals surface area contributed by atoms with Crippen LogP contribution in [-0.4, -0.2) is 36.5 Å². The minimum atomic E-state index is -0.225. The first-order chi connectivity index (χ1) is 8.38. The average molecular weight is 254 g/mol. The lowest BCUT2D eigenvalue weighted by Gasteiger charge is -2.37. The quantitative estimate of drug-likeness (QED) is 0.818. The Kier molecular flexibility index (Phi) is 5.64. The molecule has 18 heavy (non-hydrogen) atoms. The maximum absolute atomic E-state index is 12.6. The summed E-state index contributed by atoms with van der Waals surface area (Å²) in [7, 11) is 0. The highest BCUT2D eigenvalue weighted by Crippen LogP contribution is 2.26. The van der Waals surface area contributed by atoms with Crippen molar-refractivity contribution in [3.05, 3.63) is 0 Å². The third kappa shape index (κ3) is 3.98. The molecule has 0 aliphatic carbocycles. The number of hydrogen-bond donors (Lipinski definition) is 1. The Morgan fingerprint density at radius 3 is 2.33 bits per heavy atom. The molecule has 0 aromatic rings. The predicted molar refractivity (Wildman–Crippen MR) is 76.5 cm³/mol. The largest absolute Gasteiger partial charge is 0.340 e. The summed E-state index contributed by atoms with van der Waals surface area (Å²) in [5.41, 5.74) is -0.225. The van der Waals surface area contributed by atoms with Crippen molar-refractivity contribution in [2.24, 2.45) is 11.3 Å². The molecule has 0 aromatic heterocycles. The molecule has 0 aromatic carbocycles. The lowest BCUT2D eigenvalue weighted by Crippen LogP contribution is -2.48. The minimum absolute atomic E-state index is 0.225. The van der Waals surface area contributed by atoms with Gasteiger partial charge >= 0.3 is 0 Å². The lowest BCUT2D eigenvalue weighted by molar-refractivity contribution is -0.143. The van der Waals surface area contributed by atoms with E-state index in [1.165, 1.54) is 12.8 Å². The van der Waals surface area contributed by atoms with E-state index < -0.39 is 0 Å². The Labute approximate surface area is 112 Å². The molecule has 1 amide bonds. The fourth-order valence-electron chi connectivity index (χ4n) is 2.41. The van der Waals surface area contributed by atoms with Crippen molar-refractivity contribution in [2.75, 3.05) is 19.6 Å². The third-order valence-electron chi connectivity index (χ3n) is 4.26. The van der Waals surface area contributed by atoms with Crippen molar-refractivity contribution in [1.29, 1.82) is 0 Å². The molecule has 3 heteroatoms. The number of amides is 1. The molecule has 1 aliphatic heterocycles. The SMILES string of the molecule is CCC(C)(C)C(=O)N(CC1CCNCC1)C(C)C. The minimum Gasteiger partial charge on any atom is -0.340 e. The molecule has 1 N–H and O–H groups in total. The van der Waals surface area contributed by atoms with Gasteiger partial charge in [-0.3, -0.25) is 4.79 Å². The number of rotatable bonds is 5. The maximum atomic E-state index is 12.6. The highest BCUT2D eigenvalue weighted by molar-refractivity contribution is 5.82. The zero-order valence-corrected chi connectivity index (χ0v) is 12.8. The molecule has 0 atom stereocenters. The summed E-state index contributed by atoms with van der Waals surface area (Å²) in [6, 6.07) is 0.304. The topological polar surface area (TPSA) is 32.3 Å². The van der Waals surface area contributed by atoms with Gasteiger partial charge in [-0.15, -0.1) is 0 Å². The molecule has 0 unspecified atom stereocenters. The van der Waals surface area contributed by atoms with Gasteiger partial charge < -0.3 is 10.2 Å². The summed E-state index contributed by atoms with van der Waals surface area (Å²) in [5, 5.41) is 3.38. The van der Waals surface area contributed by atoms with Crippen LogP contribution in [0.1, 0.15) is 53.9 Å². The van der Waals surface area contributed by atoms with Crippen molar-refractivity contribution in [2.45, 2.75) is 59.9 Å². The Morgan fingerprint density at radius 1 is 1.33 bits per heavy atom. The van der Waals surface area contributed by atoms with E-state index in [0.717, 1.165) is 26.1 Å². The van der Waals surface area contributed by atoms with Gasteiger partial charge in [0.05, 0.1) is 0 Å². The first kappa shape index (κ1) is 15.5. The van der Waals surface area contributed by atoms with Gasteiger partial charge in [-0.05, 0) is 52.1 Å². The van der Waals surface area contributed by atoms with Crippen LogP contribution in [0, 0.1) is 11.3 Å². The van der Waals surface area contributed by atoms with Crippen molar-refractivity contribution < 1.29 is 4.79 Å². The van der Waals surface area contributed by atoms with Gasteiger partial charge in [0.15, 0.2) is 0 Å². The van der Waals surface area contributed by atoms with E-state index in [0.29, 0.717) is 17.9 Å². The van der Waals surface area contributed by atoms with Crippen LogP contribution in [0.4, 0.5) is 0 Å². The molecule has 1 heterocycles. The Morgan fingerprint density at radius 2 is 1.89 bits per heavy atom. The monoisotopic (exact) mass is 254 g/mol. The van der Waals surface area contributed by atoms with Gasteiger partial charge in [-0.25, -0.2) is 0 Å². The van der Waals surface area contributed by atoms with Gasteiger partial charge in [0.25, 0.3) is 0 Å². The number of carbonyl (C=O) groups excluding carboxylic acids is 1. The van der Waals surface area contributed by atoms with E-state index in [-0.39, 0.29) is 5.41 Å². The summed E-state index contributed by atoms with van der Waals surface area (Å²) in [4.78, 5) is 14.7. The normalized spacial score (nSPS) is 18.1. The van der Waals surface area contributed by atoms with E-state index in [2.05, 4.69) is 44.8 Å². The third-order valence-corrected chi connectivity index (χ3v) is 4.26. The van der Waals surface area contributed by atoms with Crippen LogP contribution in [0.2, 0.25) is 0 Å². The second kappa shape index (κ2) is 6.55. The highest BCUT2D eigenvalue weighted by Gasteiger charge is 2.32. The van der Waals surface area contributed by atoms with Crippen molar-refractivity contribution in [3.63, 3.8) is 0 Å². The van der Waals surface area contributed by atoms with Gasteiger partial charge in [0, 0.05) is 18.0 Å². The van der Waals surface area contributed by atoms with E-state index in [4.69, 9.17) is 0 Å². The second-order valence-electron chi connectivity index (χ2n) is 6.48. The number of carbonyl (C=O) groups is 1. The molecule has 106 valence electrons. The van der Waals surface area contributed by atoms with Gasteiger partial charge in [-0.2, -0.15) is 0 Å². The summed E-state index contributed by atoms with van der Waals surface area (Å²) in [6.45, 7) is 13.6. The Balaban J connectivity index is 2.67. The lowest BCUT2D eigenvalue weighted by atomic mass is 9.87. The van der Waals surface area contributed by atoms with E-state index in [1.807, 2.05) is 0 Å². The average Bonchev–Trinajstić information content (AvgIpc) is 2.36. The molecule has 1 rings (SSSR count). The first-order valence-electron chi connectivity index (χ1n) is 7.40. The number of hydrogen-bond acceptors (Lipinski definition) is 2. The van der Waals surface area contributed by atoms with Crippen LogP contribution in [0.25, 0.3) is 0 Å². The molecule has 0 spiro atoms. The van der Waals surface area contributed by atoms with Crippen LogP contribution < -0.4 is 5.32 Å². The van der Waals surface area contributed by atoms with Crippen LogP contribution in [0.5, 0.6) is 0 Å². The fourth-order valence-corrected chi connectivity index (χ4v) is 2.41. The standard InChI is InChI=1S/C15H30N2O/c1-6-15(4,5)14(18)17(12(2)3)11-13-7-9-16-10-8-13/h12-13,16H,6-11H2,1-5H3. The zero-order chi connectivity index (χ0) is 13.8. The number of nitrogens with zero attached hydrogens (tertiary/aromatic N) is 1. The van der Waals surface area contributed by atoms with Gasteiger partial charge in [-0.1, -0.05) is 20.8 Å². The maximum Gasteiger partial charge on any atom is 0.228 e. The first-order valence-corrected chi connectivity index (χ1v) is 7.40. The van der Waals surface area contributed by atoms with E-state index >= 15 is 0 Å². The molecular weight excluding hydrogens is 224 g/mol. The molecule has 1 saturated heterocycles. The van der Waals surface area contributed by atoms with Crippen LogP contribution >= 0.6 is 0 Å².